The van der Waals surface area contributed by atoms with Crippen LogP contribution in [0.15, 0.2) is 67.0 Å². The SMILES string of the molecule is NC(c1cccc(F)c1)c1cnn(-c2ccccc2)c1. The molecule has 1 atom stereocenters. The van der Waals surface area contributed by atoms with E-state index >= 15 is 0 Å². The van der Waals surface area contributed by atoms with E-state index in [1.165, 1.54) is 12.1 Å². The monoisotopic (exact) mass is 267 g/mol. The van der Waals surface area contributed by atoms with Gasteiger partial charge in [-0.1, -0.05) is 30.3 Å². The van der Waals surface area contributed by atoms with Gasteiger partial charge in [0.05, 0.1) is 17.9 Å². The maximum Gasteiger partial charge on any atom is 0.123 e. The first-order chi connectivity index (χ1) is 9.74. The number of nitrogens with two attached hydrogens (primary N) is 1. The summed E-state index contributed by atoms with van der Waals surface area (Å²) in [5.41, 5.74) is 8.70. The van der Waals surface area contributed by atoms with Crippen LogP contribution in [0.25, 0.3) is 5.69 Å². The van der Waals surface area contributed by atoms with E-state index in [2.05, 4.69) is 5.10 Å². The molecule has 1 aromatic heterocycles. The van der Waals surface area contributed by atoms with E-state index in [0.29, 0.717) is 0 Å². The maximum atomic E-state index is 13.2. The average molecular weight is 267 g/mol. The molecule has 0 fully saturated rings. The van der Waals surface area contributed by atoms with Gasteiger partial charge in [-0.05, 0) is 29.8 Å². The van der Waals surface area contributed by atoms with Gasteiger partial charge in [-0.2, -0.15) is 5.10 Å². The Hall–Kier alpha value is -2.46. The number of benzene rings is 2. The quantitative estimate of drug-likeness (QED) is 0.792. The lowest BCUT2D eigenvalue weighted by atomic mass is 10.0. The molecule has 0 bridgehead atoms. The van der Waals surface area contributed by atoms with Crippen molar-refractivity contribution in [2.24, 2.45) is 5.73 Å². The molecule has 0 amide bonds. The Bertz CT molecular complexity index is 707. The summed E-state index contributed by atoms with van der Waals surface area (Å²) < 4.78 is 15.0. The van der Waals surface area contributed by atoms with Gasteiger partial charge in [-0.25, -0.2) is 9.07 Å². The second-order valence-corrected chi connectivity index (χ2v) is 4.59. The smallest absolute Gasteiger partial charge is 0.123 e. The Morgan fingerprint density at radius 3 is 2.55 bits per heavy atom. The highest BCUT2D eigenvalue weighted by molar-refractivity contribution is 5.34. The second kappa shape index (κ2) is 5.27. The molecule has 0 spiro atoms. The molecular weight excluding hydrogens is 253 g/mol. The van der Waals surface area contributed by atoms with Crippen LogP contribution in [0.4, 0.5) is 4.39 Å². The molecule has 3 nitrogen and oxygen atoms in total. The lowest BCUT2D eigenvalue weighted by Gasteiger charge is -2.09. The molecule has 1 unspecified atom stereocenters. The molecule has 0 saturated heterocycles. The molecule has 2 N–H and O–H groups in total. The Morgan fingerprint density at radius 1 is 1.00 bits per heavy atom. The maximum absolute atomic E-state index is 13.2. The van der Waals surface area contributed by atoms with E-state index in [1.807, 2.05) is 42.6 Å². The number of hydrogen-bond acceptors (Lipinski definition) is 2. The molecule has 100 valence electrons. The third-order valence-electron chi connectivity index (χ3n) is 3.19. The zero-order valence-electron chi connectivity index (χ0n) is 10.8. The highest BCUT2D eigenvalue weighted by Crippen LogP contribution is 2.20. The molecule has 0 aliphatic heterocycles. The summed E-state index contributed by atoms with van der Waals surface area (Å²) >= 11 is 0. The van der Waals surface area contributed by atoms with Gasteiger partial charge in [0.15, 0.2) is 0 Å². The molecule has 0 aliphatic carbocycles. The molecule has 0 aliphatic rings. The normalized spacial score (nSPS) is 12.3. The van der Waals surface area contributed by atoms with Crippen LogP contribution < -0.4 is 5.73 Å². The predicted octanol–water partition coefficient (Wildman–Crippen LogP) is 3.06. The van der Waals surface area contributed by atoms with E-state index in [4.69, 9.17) is 5.73 Å². The molecule has 0 radical (unpaired) electrons. The van der Waals surface area contributed by atoms with E-state index in [9.17, 15) is 4.39 Å². The Morgan fingerprint density at radius 2 is 1.80 bits per heavy atom. The summed E-state index contributed by atoms with van der Waals surface area (Å²) in [5.74, 6) is -0.284. The standard InChI is InChI=1S/C16H14FN3/c17-14-6-4-5-12(9-14)16(18)13-10-19-20(11-13)15-7-2-1-3-8-15/h1-11,16H,18H2. The Balaban J connectivity index is 1.90. The fraction of sp³-hybridized carbons (Fsp3) is 0.0625. The van der Waals surface area contributed by atoms with E-state index < -0.39 is 0 Å². The summed E-state index contributed by atoms with van der Waals surface area (Å²) in [6, 6.07) is 15.7. The van der Waals surface area contributed by atoms with Crippen molar-refractivity contribution in [3.63, 3.8) is 0 Å². The summed E-state index contributed by atoms with van der Waals surface area (Å²) in [4.78, 5) is 0. The van der Waals surface area contributed by atoms with Gasteiger partial charge in [0, 0.05) is 11.8 Å². The van der Waals surface area contributed by atoms with Crippen molar-refractivity contribution in [1.82, 2.24) is 9.78 Å². The largest absolute Gasteiger partial charge is 0.320 e. The molecule has 0 saturated carbocycles. The number of aromatic nitrogens is 2. The number of hydrogen-bond donors (Lipinski definition) is 1. The first-order valence-corrected chi connectivity index (χ1v) is 6.35. The minimum Gasteiger partial charge on any atom is -0.320 e. The van der Waals surface area contributed by atoms with E-state index in [0.717, 1.165) is 16.8 Å². The van der Waals surface area contributed by atoms with Crippen molar-refractivity contribution in [2.45, 2.75) is 6.04 Å². The van der Waals surface area contributed by atoms with E-state index in [-0.39, 0.29) is 11.9 Å². The molecule has 20 heavy (non-hydrogen) atoms. The van der Waals surface area contributed by atoms with Crippen LogP contribution in [0.1, 0.15) is 17.2 Å². The van der Waals surface area contributed by atoms with Gasteiger partial charge >= 0.3 is 0 Å². The third kappa shape index (κ3) is 2.46. The lowest BCUT2D eigenvalue weighted by Crippen LogP contribution is -2.11. The molecular formula is C16H14FN3. The minimum atomic E-state index is -0.386. The van der Waals surface area contributed by atoms with Crippen LogP contribution in [0.5, 0.6) is 0 Å². The highest BCUT2D eigenvalue weighted by Gasteiger charge is 2.12. The predicted molar refractivity (Wildman–Crippen MR) is 76.0 cm³/mol. The fourth-order valence-electron chi connectivity index (χ4n) is 2.11. The first kappa shape index (κ1) is 12.6. The lowest BCUT2D eigenvalue weighted by molar-refractivity contribution is 0.623. The molecule has 4 heteroatoms. The summed E-state index contributed by atoms with van der Waals surface area (Å²) in [7, 11) is 0. The summed E-state index contributed by atoms with van der Waals surface area (Å²) in [6.07, 6.45) is 3.58. The summed E-state index contributed by atoms with van der Waals surface area (Å²) in [5, 5.41) is 4.30. The van der Waals surface area contributed by atoms with Crippen LogP contribution in [0, 0.1) is 5.82 Å². The third-order valence-corrected chi connectivity index (χ3v) is 3.19. The zero-order valence-corrected chi connectivity index (χ0v) is 10.8. The van der Waals surface area contributed by atoms with Crippen molar-refractivity contribution >= 4 is 0 Å². The van der Waals surface area contributed by atoms with E-state index in [1.54, 1.807) is 16.9 Å². The van der Waals surface area contributed by atoms with Crippen molar-refractivity contribution in [2.75, 3.05) is 0 Å². The molecule has 3 rings (SSSR count). The first-order valence-electron chi connectivity index (χ1n) is 6.35. The highest BCUT2D eigenvalue weighted by atomic mass is 19.1. The second-order valence-electron chi connectivity index (χ2n) is 4.59. The Kier molecular flexibility index (Phi) is 3.31. The van der Waals surface area contributed by atoms with Gasteiger partial charge in [0.2, 0.25) is 0 Å². The van der Waals surface area contributed by atoms with Crippen molar-refractivity contribution in [1.29, 1.82) is 0 Å². The van der Waals surface area contributed by atoms with Crippen LogP contribution in [-0.4, -0.2) is 9.78 Å². The van der Waals surface area contributed by atoms with Crippen molar-refractivity contribution < 1.29 is 4.39 Å². The van der Waals surface area contributed by atoms with Gasteiger partial charge in [-0.3, -0.25) is 0 Å². The molecule has 1 heterocycles. The van der Waals surface area contributed by atoms with Crippen LogP contribution in [0.3, 0.4) is 0 Å². The van der Waals surface area contributed by atoms with Crippen LogP contribution >= 0.6 is 0 Å². The molecule has 3 aromatic rings. The number of rotatable bonds is 3. The zero-order chi connectivity index (χ0) is 13.9. The topological polar surface area (TPSA) is 43.8 Å². The van der Waals surface area contributed by atoms with Crippen molar-refractivity contribution in [3.05, 3.63) is 83.9 Å². The fourth-order valence-corrected chi connectivity index (χ4v) is 2.11. The minimum absolute atomic E-state index is 0.284. The van der Waals surface area contributed by atoms with Gasteiger partial charge < -0.3 is 5.73 Å². The average Bonchev–Trinajstić information content (AvgIpc) is 2.97. The number of para-hydroxylation sites is 1. The van der Waals surface area contributed by atoms with Gasteiger partial charge in [0.25, 0.3) is 0 Å². The van der Waals surface area contributed by atoms with Crippen molar-refractivity contribution in [3.8, 4) is 5.69 Å². The summed E-state index contributed by atoms with van der Waals surface area (Å²) in [6.45, 7) is 0. The van der Waals surface area contributed by atoms with Gasteiger partial charge in [0.1, 0.15) is 5.82 Å². The molecule has 2 aromatic carbocycles. The Labute approximate surface area is 116 Å². The van der Waals surface area contributed by atoms with Gasteiger partial charge in [-0.15, -0.1) is 0 Å². The number of nitrogens with zero attached hydrogens (tertiary/aromatic N) is 2. The number of halogens is 1. The van der Waals surface area contributed by atoms with Crippen LogP contribution in [-0.2, 0) is 0 Å². The van der Waals surface area contributed by atoms with Crippen LogP contribution in [0.2, 0.25) is 0 Å².